The minimum atomic E-state index is -1.17. The van der Waals surface area contributed by atoms with Crippen molar-refractivity contribution in [2.75, 3.05) is 7.11 Å². The van der Waals surface area contributed by atoms with Gasteiger partial charge in [0.25, 0.3) is 0 Å². The Labute approximate surface area is 95.2 Å². The second kappa shape index (κ2) is 5.10. The van der Waals surface area contributed by atoms with Crippen LogP contribution < -0.4 is 4.74 Å². The summed E-state index contributed by atoms with van der Waals surface area (Å²) in [6.07, 6.45) is -1.34. The zero-order chi connectivity index (χ0) is 11.4. The first-order valence-corrected chi connectivity index (χ1v) is 4.97. The predicted octanol–water partition coefficient (Wildman–Crippen LogP) is 2.54. The number of hydrogen-bond acceptors (Lipinski definition) is 3. The summed E-state index contributed by atoms with van der Waals surface area (Å²) in [4.78, 5) is 0. The van der Waals surface area contributed by atoms with Crippen LogP contribution in [0.15, 0.2) is 16.6 Å². The van der Waals surface area contributed by atoms with Crippen molar-refractivity contribution in [2.24, 2.45) is 0 Å². The van der Waals surface area contributed by atoms with E-state index in [2.05, 4.69) is 15.9 Å². The third-order valence-corrected chi connectivity index (χ3v) is 2.35. The molecule has 1 atom stereocenters. The van der Waals surface area contributed by atoms with Crippen LogP contribution in [0.1, 0.15) is 18.1 Å². The number of aliphatic hydroxyl groups is 1. The number of rotatable bonds is 3. The molecule has 15 heavy (non-hydrogen) atoms. The number of methoxy groups -OCH3 is 1. The molecule has 0 aliphatic rings. The van der Waals surface area contributed by atoms with Gasteiger partial charge in [0.2, 0.25) is 0 Å². The van der Waals surface area contributed by atoms with E-state index in [-0.39, 0.29) is 17.7 Å². The van der Waals surface area contributed by atoms with Crippen molar-refractivity contribution in [1.29, 1.82) is 5.26 Å². The molecule has 0 radical (unpaired) electrons. The first-order chi connectivity index (χ1) is 7.10. The van der Waals surface area contributed by atoms with E-state index in [1.54, 1.807) is 12.1 Å². The van der Waals surface area contributed by atoms with E-state index in [0.717, 1.165) is 0 Å². The molecule has 0 bridgehead atoms. The van der Waals surface area contributed by atoms with Gasteiger partial charge in [0.15, 0.2) is 0 Å². The highest BCUT2D eigenvalue weighted by Gasteiger charge is 2.18. The lowest BCUT2D eigenvalue weighted by Crippen LogP contribution is -2.03. The third kappa shape index (κ3) is 2.67. The monoisotopic (exact) mass is 273 g/mol. The summed E-state index contributed by atoms with van der Waals surface area (Å²) in [5.41, 5.74) is 0.0160. The van der Waals surface area contributed by atoms with Gasteiger partial charge in [-0.3, -0.25) is 0 Å². The zero-order valence-electron chi connectivity index (χ0n) is 8.00. The molecule has 0 heterocycles. The summed E-state index contributed by atoms with van der Waals surface area (Å²) in [5, 5.41) is 18.0. The molecule has 80 valence electrons. The summed E-state index contributed by atoms with van der Waals surface area (Å²) in [7, 11) is 1.38. The molecule has 3 nitrogen and oxygen atoms in total. The molecule has 1 rings (SSSR count). The molecular formula is C10H9BrFNO2. The van der Waals surface area contributed by atoms with Crippen LogP contribution in [-0.2, 0) is 0 Å². The Bertz CT molecular complexity index is 403. The summed E-state index contributed by atoms with van der Waals surface area (Å²) >= 11 is 3.11. The van der Waals surface area contributed by atoms with Gasteiger partial charge in [-0.15, -0.1) is 0 Å². The molecule has 5 heteroatoms. The Morgan fingerprint density at radius 1 is 1.67 bits per heavy atom. The number of nitrogens with zero attached hydrogens (tertiary/aromatic N) is 1. The van der Waals surface area contributed by atoms with Crippen molar-refractivity contribution in [3.63, 3.8) is 0 Å². The number of nitriles is 1. The van der Waals surface area contributed by atoms with Crippen LogP contribution >= 0.6 is 15.9 Å². The van der Waals surface area contributed by atoms with Gasteiger partial charge in [-0.2, -0.15) is 5.26 Å². The lowest BCUT2D eigenvalue weighted by atomic mass is 10.1. The smallest absolute Gasteiger partial charge is 0.133 e. The molecular weight excluding hydrogens is 265 g/mol. The summed E-state index contributed by atoms with van der Waals surface area (Å²) in [5.74, 6) is -0.367. The van der Waals surface area contributed by atoms with Crippen LogP contribution in [0.5, 0.6) is 5.75 Å². The van der Waals surface area contributed by atoms with Crippen molar-refractivity contribution >= 4 is 15.9 Å². The van der Waals surface area contributed by atoms with Gasteiger partial charge in [-0.1, -0.05) is 15.9 Å². The maximum atomic E-state index is 13.5. The lowest BCUT2D eigenvalue weighted by Gasteiger charge is -2.13. The highest BCUT2D eigenvalue weighted by molar-refractivity contribution is 9.10. The van der Waals surface area contributed by atoms with Crippen LogP contribution in [0.25, 0.3) is 0 Å². The average Bonchev–Trinajstić information content (AvgIpc) is 2.16. The van der Waals surface area contributed by atoms with E-state index in [9.17, 15) is 9.50 Å². The molecule has 1 unspecified atom stereocenters. The fourth-order valence-electron chi connectivity index (χ4n) is 1.24. The topological polar surface area (TPSA) is 53.2 Å². The maximum absolute atomic E-state index is 13.5. The number of hydrogen-bond donors (Lipinski definition) is 1. The van der Waals surface area contributed by atoms with Crippen LogP contribution in [-0.4, -0.2) is 12.2 Å². The van der Waals surface area contributed by atoms with Crippen molar-refractivity contribution < 1.29 is 14.2 Å². The van der Waals surface area contributed by atoms with E-state index in [0.29, 0.717) is 4.47 Å². The van der Waals surface area contributed by atoms with Crippen molar-refractivity contribution in [2.45, 2.75) is 12.5 Å². The van der Waals surface area contributed by atoms with Gasteiger partial charge in [0.1, 0.15) is 11.6 Å². The van der Waals surface area contributed by atoms with Crippen molar-refractivity contribution in [3.05, 3.63) is 28.0 Å². The van der Waals surface area contributed by atoms with Crippen LogP contribution in [0, 0.1) is 17.1 Å². The summed E-state index contributed by atoms with van der Waals surface area (Å²) in [6, 6.07) is 4.54. The molecule has 1 aromatic carbocycles. The Morgan fingerprint density at radius 2 is 2.33 bits per heavy atom. The second-order valence-corrected chi connectivity index (χ2v) is 3.80. The molecule has 0 fully saturated rings. The van der Waals surface area contributed by atoms with Crippen molar-refractivity contribution in [1.82, 2.24) is 0 Å². The maximum Gasteiger partial charge on any atom is 0.133 e. The summed E-state index contributed by atoms with van der Waals surface area (Å²) < 4.78 is 18.9. The molecule has 0 spiro atoms. The zero-order valence-corrected chi connectivity index (χ0v) is 9.58. The molecule has 0 saturated heterocycles. The molecule has 0 aliphatic carbocycles. The number of ether oxygens (including phenoxy) is 1. The van der Waals surface area contributed by atoms with Gasteiger partial charge >= 0.3 is 0 Å². The number of aliphatic hydroxyl groups excluding tert-OH is 1. The van der Waals surface area contributed by atoms with Gasteiger partial charge in [0.05, 0.1) is 31.3 Å². The Kier molecular flexibility index (Phi) is 4.06. The number of benzene rings is 1. The average molecular weight is 274 g/mol. The van der Waals surface area contributed by atoms with Gasteiger partial charge in [-0.25, -0.2) is 4.39 Å². The molecule has 1 N–H and O–H groups in total. The van der Waals surface area contributed by atoms with E-state index in [1.165, 1.54) is 13.2 Å². The first-order valence-electron chi connectivity index (χ1n) is 4.18. The standard InChI is InChI=1S/C10H9BrFNO2/c1-15-9-5-6(11)4-7(12)10(9)8(14)2-3-13/h4-5,8,14H,2H2,1H3. The van der Waals surface area contributed by atoms with Gasteiger partial charge in [-0.05, 0) is 12.1 Å². The van der Waals surface area contributed by atoms with Crippen LogP contribution in [0.2, 0.25) is 0 Å². The van der Waals surface area contributed by atoms with E-state index in [1.807, 2.05) is 0 Å². The fraction of sp³-hybridized carbons (Fsp3) is 0.300. The fourth-order valence-corrected chi connectivity index (χ4v) is 1.65. The normalized spacial score (nSPS) is 11.9. The number of halogens is 2. The van der Waals surface area contributed by atoms with Gasteiger partial charge in [0, 0.05) is 4.47 Å². The highest BCUT2D eigenvalue weighted by Crippen LogP contribution is 2.32. The minimum absolute atomic E-state index is 0.0160. The Balaban J connectivity index is 3.21. The summed E-state index contributed by atoms with van der Waals surface area (Å²) in [6.45, 7) is 0. The molecule has 0 amide bonds. The minimum Gasteiger partial charge on any atom is -0.496 e. The van der Waals surface area contributed by atoms with Crippen molar-refractivity contribution in [3.8, 4) is 11.8 Å². The molecule has 0 aromatic heterocycles. The van der Waals surface area contributed by atoms with Gasteiger partial charge < -0.3 is 9.84 Å². The first kappa shape index (κ1) is 12.0. The molecule has 1 aromatic rings. The largest absolute Gasteiger partial charge is 0.496 e. The van der Waals surface area contributed by atoms with E-state index in [4.69, 9.17) is 10.00 Å². The second-order valence-electron chi connectivity index (χ2n) is 2.88. The Hall–Kier alpha value is -1.12. The SMILES string of the molecule is COc1cc(Br)cc(F)c1C(O)CC#N. The predicted molar refractivity (Wildman–Crippen MR) is 55.8 cm³/mol. The van der Waals surface area contributed by atoms with E-state index >= 15 is 0 Å². The quantitative estimate of drug-likeness (QED) is 0.921. The molecule has 0 saturated carbocycles. The molecule has 0 aliphatic heterocycles. The van der Waals surface area contributed by atoms with E-state index < -0.39 is 11.9 Å². The highest BCUT2D eigenvalue weighted by atomic mass is 79.9. The van der Waals surface area contributed by atoms with Crippen LogP contribution in [0.4, 0.5) is 4.39 Å². The van der Waals surface area contributed by atoms with Crippen LogP contribution in [0.3, 0.4) is 0 Å². The Morgan fingerprint density at radius 3 is 2.87 bits per heavy atom. The third-order valence-electron chi connectivity index (χ3n) is 1.89. The lowest BCUT2D eigenvalue weighted by molar-refractivity contribution is 0.173.